The lowest BCUT2D eigenvalue weighted by molar-refractivity contribution is -0.115. The lowest BCUT2D eigenvalue weighted by atomic mass is 9.71. The lowest BCUT2D eigenvalue weighted by Crippen LogP contribution is -2.23. The van der Waals surface area contributed by atoms with Crippen LogP contribution in [0.3, 0.4) is 0 Å². The minimum absolute atomic E-state index is 0.00977. The van der Waals surface area contributed by atoms with E-state index in [1.54, 1.807) is 25.1 Å². The summed E-state index contributed by atoms with van der Waals surface area (Å²) in [6.45, 7) is 2.07. The van der Waals surface area contributed by atoms with Crippen LogP contribution >= 0.6 is 0 Å². The number of allylic oxidation sites excluding steroid dienone is 2. The molecule has 0 aliphatic heterocycles. The maximum atomic E-state index is 14.4. The van der Waals surface area contributed by atoms with Crippen LogP contribution in [0.5, 0.6) is 5.75 Å². The van der Waals surface area contributed by atoms with E-state index in [0.717, 1.165) is 32.1 Å². The van der Waals surface area contributed by atoms with Gasteiger partial charge in [-0.15, -0.1) is 0 Å². The molecule has 0 amide bonds. The van der Waals surface area contributed by atoms with Crippen molar-refractivity contribution in [1.82, 2.24) is 0 Å². The van der Waals surface area contributed by atoms with Crippen LogP contribution in [0.1, 0.15) is 56.9 Å². The second-order valence-electron chi connectivity index (χ2n) is 6.85. The first-order valence-corrected chi connectivity index (χ1v) is 8.91. The van der Waals surface area contributed by atoms with Crippen LogP contribution in [0, 0.1) is 23.5 Å². The Bertz CT molecular complexity index is 631. The molecule has 0 saturated heterocycles. The van der Waals surface area contributed by atoms with Gasteiger partial charge in [-0.2, -0.15) is 4.39 Å². The standard InChI is InChI=1S/C20H24F2O2/c1-2-24-18-12-11-17(19(21)20(18)22)15-5-3-13(4-6-15)14-7-9-16(23)10-8-14/h7,9,11-15H,2-6,8,10H2,1H3. The first kappa shape index (κ1) is 17.1. The molecule has 1 aromatic rings. The lowest BCUT2D eigenvalue weighted by Gasteiger charge is -2.34. The maximum absolute atomic E-state index is 14.4. The van der Waals surface area contributed by atoms with Gasteiger partial charge in [0.15, 0.2) is 17.3 Å². The van der Waals surface area contributed by atoms with E-state index in [-0.39, 0.29) is 17.5 Å². The van der Waals surface area contributed by atoms with Crippen LogP contribution in [0.2, 0.25) is 0 Å². The zero-order chi connectivity index (χ0) is 17.1. The topological polar surface area (TPSA) is 26.3 Å². The van der Waals surface area contributed by atoms with Gasteiger partial charge in [-0.1, -0.05) is 12.1 Å². The molecule has 1 saturated carbocycles. The monoisotopic (exact) mass is 334 g/mol. The summed E-state index contributed by atoms with van der Waals surface area (Å²) in [5, 5.41) is 0. The molecule has 2 nitrogen and oxygen atoms in total. The molecule has 24 heavy (non-hydrogen) atoms. The summed E-state index contributed by atoms with van der Waals surface area (Å²) in [6.07, 6.45) is 9.07. The largest absolute Gasteiger partial charge is 0.491 e. The number of hydrogen-bond acceptors (Lipinski definition) is 2. The fourth-order valence-corrected chi connectivity index (χ4v) is 4.10. The van der Waals surface area contributed by atoms with Crippen molar-refractivity contribution >= 4 is 5.78 Å². The molecule has 1 fully saturated rings. The van der Waals surface area contributed by atoms with E-state index in [0.29, 0.717) is 30.4 Å². The molecule has 1 atom stereocenters. The third kappa shape index (κ3) is 3.52. The summed E-state index contributed by atoms with van der Waals surface area (Å²) < 4.78 is 33.5. The minimum Gasteiger partial charge on any atom is -0.491 e. The van der Waals surface area contributed by atoms with Gasteiger partial charge in [0.1, 0.15) is 0 Å². The van der Waals surface area contributed by atoms with Gasteiger partial charge in [-0.25, -0.2) is 4.39 Å². The number of carbonyl (C=O) groups is 1. The van der Waals surface area contributed by atoms with E-state index in [2.05, 4.69) is 0 Å². The number of benzene rings is 1. The van der Waals surface area contributed by atoms with Crippen LogP contribution in [0.4, 0.5) is 8.78 Å². The van der Waals surface area contributed by atoms with Gasteiger partial charge in [0.25, 0.3) is 0 Å². The summed E-state index contributed by atoms with van der Waals surface area (Å²) >= 11 is 0. The predicted molar refractivity (Wildman–Crippen MR) is 89.1 cm³/mol. The van der Waals surface area contributed by atoms with E-state index in [1.165, 1.54) is 0 Å². The van der Waals surface area contributed by atoms with Crippen LogP contribution < -0.4 is 4.74 Å². The van der Waals surface area contributed by atoms with Crippen LogP contribution in [-0.2, 0) is 4.79 Å². The van der Waals surface area contributed by atoms with Crippen LogP contribution in [-0.4, -0.2) is 12.4 Å². The molecular formula is C20H24F2O2. The molecule has 0 N–H and O–H groups in total. The van der Waals surface area contributed by atoms with Gasteiger partial charge in [0.2, 0.25) is 5.82 Å². The van der Waals surface area contributed by atoms with E-state index in [1.807, 2.05) is 6.08 Å². The number of hydrogen-bond donors (Lipinski definition) is 0. The van der Waals surface area contributed by atoms with Gasteiger partial charge >= 0.3 is 0 Å². The molecule has 3 rings (SSSR count). The average Bonchev–Trinajstić information content (AvgIpc) is 2.60. The first-order chi connectivity index (χ1) is 11.6. The smallest absolute Gasteiger partial charge is 0.200 e. The molecular weight excluding hydrogens is 310 g/mol. The Hall–Kier alpha value is -1.71. The van der Waals surface area contributed by atoms with Crippen molar-refractivity contribution in [2.24, 2.45) is 11.8 Å². The van der Waals surface area contributed by atoms with Gasteiger partial charge < -0.3 is 4.74 Å². The fourth-order valence-electron chi connectivity index (χ4n) is 4.10. The van der Waals surface area contributed by atoms with Crippen molar-refractivity contribution in [3.63, 3.8) is 0 Å². The van der Waals surface area contributed by atoms with Gasteiger partial charge in [-0.05, 0) is 74.5 Å². The molecule has 0 spiro atoms. The number of rotatable bonds is 4. The van der Waals surface area contributed by atoms with E-state index >= 15 is 0 Å². The molecule has 0 heterocycles. The minimum atomic E-state index is -0.870. The quantitative estimate of drug-likeness (QED) is 0.759. The second kappa shape index (κ2) is 7.45. The predicted octanol–water partition coefficient (Wildman–Crippen LogP) is 5.17. The van der Waals surface area contributed by atoms with Crippen molar-refractivity contribution in [2.75, 3.05) is 6.61 Å². The Morgan fingerprint density at radius 3 is 2.46 bits per heavy atom. The molecule has 2 aliphatic rings. The number of ether oxygens (including phenoxy) is 1. The van der Waals surface area contributed by atoms with E-state index < -0.39 is 11.6 Å². The third-order valence-electron chi connectivity index (χ3n) is 5.45. The van der Waals surface area contributed by atoms with Crippen molar-refractivity contribution in [1.29, 1.82) is 0 Å². The number of halogens is 2. The molecule has 0 aromatic heterocycles. The highest BCUT2D eigenvalue weighted by Crippen LogP contribution is 2.42. The van der Waals surface area contributed by atoms with Gasteiger partial charge in [0.05, 0.1) is 6.61 Å². The first-order valence-electron chi connectivity index (χ1n) is 8.91. The number of carbonyl (C=O) groups excluding carboxylic acids is 1. The van der Waals surface area contributed by atoms with Crippen molar-refractivity contribution in [3.05, 3.63) is 41.5 Å². The highest BCUT2D eigenvalue weighted by atomic mass is 19.2. The molecule has 4 heteroatoms. The maximum Gasteiger partial charge on any atom is 0.200 e. The Morgan fingerprint density at radius 2 is 1.83 bits per heavy atom. The molecule has 0 bridgehead atoms. The molecule has 130 valence electrons. The Kier molecular flexibility index (Phi) is 5.32. The van der Waals surface area contributed by atoms with Crippen molar-refractivity contribution in [2.45, 2.75) is 51.4 Å². The summed E-state index contributed by atoms with van der Waals surface area (Å²) in [4.78, 5) is 11.3. The zero-order valence-corrected chi connectivity index (χ0v) is 14.1. The van der Waals surface area contributed by atoms with Crippen LogP contribution in [0.15, 0.2) is 24.3 Å². The van der Waals surface area contributed by atoms with Crippen molar-refractivity contribution < 1.29 is 18.3 Å². The molecule has 1 unspecified atom stereocenters. The fraction of sp³-hybridized carbons (Fsp3) is 0.550. The van der Waals surface area contributed by atoms with Gasteiger partial charge in [0, 0.05) is 6.42 Å². The Labute approximate surface area is 141 Å². The number of ketones is 1. The Balaban J connectivity index is 1.65. The Morgan fingerprint density at radius 1 is 1.08 bits per heavy atom. The molecule has 2 aliphatic carbocycles. The van der Waals surface area contributed by atoms with E-state index in [9.17, 15) is 13.6 Å². The summed E-state index contributed by atoms with van der Waals surface area (Å²) in [7, 11) is 0. The van der Waals surface area contributed by atoms with Gasteiger partial charge in [-0.3, -0.25) is 4.79 Å². The highest BCUT2D eigenvalue weighted by molar-refractivity contribution is 5.90. The third-order valence-corrected chi connectivity index (χ3v) is 5.45. The zero-order valence-electron chi connectivity index (χ0n) is 14.1. The molecule has 0 radical (unpaired) electrons. The summed E-state index contributed by atoms with van der Waals surface area (Å²) in [6, 6.07) is 3.21. The summed E-state index contributed by atoms with van der Waals surface area (Å²) in [5.74, 6) is -0.332. The van der Waals surface area contributed by atoms with E-state index in [4.69, 9.17) is 4.74 Å². The normalized spacial score (nSPS) is 27.3. The highest BCUT2D eigenvalue weighted by Gasteiger charge is 2.30. The average molecular weight is 334 g/mol. The second-order valence-corrected chi connectivity index (χ2v) is 6.85. The SMILES string of the molecule is CCOc1ccc(C2CCC(C3C=CC(=O)CC3)CC2)c(F)c1F. The summed E-state index contributed by atoms with van der Waals surface area (Å²) in [5.41, 5.74) is 0.476. The van der Waals surface area contributed by atoms with Crippen molar-refractivity contribution in [3.8, 4) is 5.75 Å². The van der Waals surface area contributed by atoms with Crippen LogP contribution in [0.25, 0.3) is 0 Å². The molecule has 1 aromatic carbocycles.